The second-order valence-corrected chi connectivity index (χ2v) is 6.63. The zero-order chi connectivity index (χ0) is 14.8. The number of hydrogen-bond acceptors (Lipinski definition) is 3. The van der Waals surface area contributed by atoms with Gasteiger partial charge in [-0.15, -0.1) is 0 Å². The standard InChI is InChI=1S/C17H25NO2/c1-12(19)20-15-9-10-18-16(11-15)13-5-7-14(8-6-13)17(2,3)4/h5-8,15-16,18H,9-11H2,1-4H3. The van der Waals surface area contributed by atoms with E-state index in [1.807, 2.05) is 0 Å². The molecule has 1 N–H and O–H groups in total. The minimum Gasteiger partial charge on any atom is -0.462 e. The molecule has 3 heteroatoms. The fourth-order valence-electron chi connectivity index (χ4n) is 2.69. The maximum atomic E-state index is 11.1. The Morgan fingerprint density at radius 1 is 1.25 bits per heavy atom. The maximum absolute atomic E-state index is 11.1. The van der Waals surface area contributed by atoms with Gasteiger partial charge in [0.1, 0.15) is 6.10 Å². The number of rotatable bonds is 2. The van der Waals surface area contributed by atoms with Gasteiger partial charge in [-0.25, -0.2) is 0 Å². The summed E-state index contributed by atoms with van der Waals surface area (Å²) in [6, 6.07) is 9.06. The molecule has 2 unspecified atom stereocenters. The lowest BCUT2D eigenvalue weighted by molar-refractivity contribution is -0.147. The number of ether oxygens (including phenoxy) is 1. The number of nitrogens with one attached hydrogen (secondary N) is 1. The van der Waals surface area contributed by atoms with Crippen LogP contribution in [0.5, 0.6) is 0 Å². The quantitative estimate of drug-likeness (QED) is 0.841. The number of carbonyl (C=O) groups excluding carboxylic acids is 1. The molecule has 1 aromatic rings. The Morgan fingerprint density at radius 2 is 1.90 bits per heavy atom. The Balaban J connectivity index is 2.05. The fraction of sp³-hybridized carbons (Fsp3) is 0.588. The van der Waals surface area contributed by atoms with Crippen LogP contribution in [0.2, 0.25) is 0 Å². The maximum Gasteiger partial charge on any atom is 0.302 e. The summed E-state index contributed by atoms with van der Waals surface area (Å²) in [5, 5.41) is 3.51. The zero-order valence-corrected chi connectivity index (χ0v) is 12.9. The van der Waals surface area contributed by atoms with Crippen LogP contribution < -0.4 is 5.32 Å². The van der Waals surface area contributed by atoms with Gasteiger partial charge in [-0.1, -0.05) is 45.0 Å². The van der Waals surface area contributed by atoms with Crippen molar-refractivity contribution in [3.63, 3.8) is 0 Å². The molecule has 1 fully saturated rings. The number of piperidine rings is 1. The first-order chi connectivity index (χ1) is 9.36. The summed E-state index contributed by atoms with van der Waals surface area (Å²) in [5.74, 6) is -0.182. The van der Waals surface area contributed by atoms with E-state index < -0.39 is 0 Å². The molecule has 2 atom stereocenters. The normalized spacial score (nSPS) is 23.4. The summed E-state index contributed by atoms with van der Waals surface area (Å²) in [7, 11) is 0. The molecular weight excluding hydrogens is 250 g/mol. The van der Waals surface area contributed by atoms with Gasteiger partial charge in [0.25, 0.3) is 0 Å². The van der Waals surface area contributed by atoms with Gasteiger partial charge in [-0.2, -0.15) is 0 Å². The van der Waals surface area contributed by atoms with Crippen molar-refractivity contribution < 1.29 is 9.53 Å². The molecule has 0 saturated carbocycles. The predicted octanol–water partition coefficient (Wildman–Crippen LogP) is 3.34. The minimum absolute atomic E-state index is 0.0426. The van der Waals surface area contributed by atoms with E-state index in [0.29, 0.717) is 0 Å². The van der Waals surface area contributed by atoms with Crippen molar-refractivity contribution in [2.45, 2.75) is 58.1 Å². The number of esters is 1. The molecule has 3 nitrogen and oxygen atoms in total. The SMILES string of the molecule is CC(=O)OC1CCNC(c2ccc(C(C)(C)C)cc2)C1. The van der Waals surface area contributed by atoms with Gasteiger partial charge in [0, 0.05) is 19.4 Å². The molecule has 1 saturated heterocycles. The molecule has 0 spiro atoms. The molecule has 1 aliphatic rings. The second kappa shape index (κ2) is 5.96. The van der Waals surface area contributed by atoms with Crippen LogP contribution >= 0.6 is 0 Å². The van der Waals surface area contributed by atoms with Crippen molar-refractivity contribution in [2.24, 2.45) is 0 Å². The highest BCUT2D eigenvalue weighted by molar-refractivity contribution is 5.66. The van der Waals surface area contributed by atoms with E-state index in [9.17, 15) is 4.79 Å². The van der Waals surface area contributed by atoms with Gasteiger partial charge in [-0.05, 0) is 29.5 Å². The molecule has 1 aliphatic heterocycles. The first kappa shape index (κ1) is 15.0. The van der Waals surface area contributed by atoms with Gasteiger partial charge in [0.15, 0.2) is 0 Å². The van der Waals surface area contributed by atoms with E-state index in [0.717, 1.165) is 19.4 Å². The smallest absolute Gasteiger partial charge is 0.302 e. The summed E-state index contributed by atoms with van der Waals surface area (Å²) < 4.78 is 5.34. The molecule has 110 valence electrons. The van der Waals surface area contributed by atoms with Gasteiger partial charge < -0.3 is 10.1 Å². The van der Waals surface area contributed by atoms with Crippen LogP contribution in [0.25, 0.3) is 0 Å². The van der Waals surface area contributed by atoms with E-state index in [4.69, 9.17) is 4.74 Å². The Morgan fingerprint density at radius 3 is 2.45 bits per heavy atom. The first-order valence-corrected chi connectivity index (χ1v) is 7.37. The summed E-state index contributed by atoms with van der Waals surface area (Å²) in [6.45, 7) is 9.03. The largest absolute Gasteiger partial charge is 0.462 e. The molecule has 1 aromatic carbocycles. The van der Waals surface area contributed by atoms with Crippen LogP contribution in [-0.4, -0.2) is 18.6 Å². The summed E-state index contributed by atoms with van der Waals surface area (Å²) >= 11 is 0. The molecular formula is C17H25NO2. The van der Waals surface area contributed by atoms with E-state index in [-0.39, 0.29) is 23.5 Å². The van der Waals surface area contributed by atoms with Crippen LogP contribution in [0.1, 0.15) is 57.7 Å². The van der Waals surface area contributed by atoms with Crippen molar-refractivity contribution in [3.05, 3.63) is 35.4 Å². The van der Waals surface area contributed by atoms with Crippen LogP contribution in [0.4, 0.5) is 0 Å². The molecule has 1 heterocycles. The van der Waals surface area contributed by atoms with Crippen molar-refractivity contribution in [2.75, 3.05) is 6.54 Å². The third kappa shape index (κ3) is 3.83. The molecule has 0 radical (unpaired) electrons. The van der Waals surface area contributed by atoms with Crippen LogP contribution in [-0.2, 0) is 14.9 Å². The monoisotopic (exact) mass is 275 g/mol. The lowest BCUT2D eigenvalue weighted by Gasteiger charge is -2.30. The Hall–Kier alpha value is -1.35. The molecule has 0 aliphatic carbocycles. The average Bonchev–Trinajstić information content (AvgIpc) is 2.37. The fourth-order valence-corrected chi connectivity index (χ4v) is 2.69. The highest BCUT2D eigenvalue weighted by Crippen LogP contribution is 2.28. The second-order valence-electron chi connectivity index (χ2n) is 6.63. The Kier molecular flexibility index (Phi) is 4.48. The van der Waals surface area contributed by atoms with Gasteiger partial charge in [-0.3, -0.25) is 4.79 Å². The van der Waals surface area contributed by atoms with E-state index >= 15 is 0 Å². The third-order valence-electron chi connectivity index (χ3n) is 3.87. The molecule has 2 rings (SSSR count). The first-order valence-electron chi connectivity index (χ1n) is 7.37. The third-order valence-corrected chi connectivity index (χ3v) is 3.87. The van der Waals surface area contributed by atoms with Crippen LogP contribution in [0.3, 0.4) is 0 Å². The average molecular weight is 275 g/mol. The van der Waals surface area contributed by atoms with Gasteiger partial charge >= 0.3 is 5.97 Å². The minimum atomic E-state index is -0.182. The highest BCUT2D eigenvalue weighted by Gasteiger charge is 2.25. The number of benzene rings is 1. The zero-order valence-electron chi connectivity index (χ0n) is 12.9. The van der Waals surface area contributed by atoms with Crippen molar-refractivity contribution in [1.82, 2.24) is 5.32 Å². The van der Waals surface area contributed by atoms with E-state index in [2.05, 4.69) is 50.4 Å². The lowest BCUT2D eigenvalue weighted by atomic mass is 9.85. The van der Waals surface area contributed by atoms with Crippen LogP contribution in [0.15, 0.2) is 24.3 Å². The lowest BCUT2D eigenvalue weighted by Crippen LogP contribution is -2.36. The summed E-state index contributed by atoms with van der Waals surface area (Å²) in [5.41, 5.74) is 2.79. The molecule has 0 aromatic heterocycles. The van der Waals surface area contributed by atoms with Gasteiger partial charge in [0.2, 0.25) is 0 Å². The molecule has 20 heavy (non-hydrogen) atoms. The molecule has 0 bridgehead atoms. The summed E-state index contributed by atoms with van der Waals surface area (Å²) in [4.78, 5) is 11.1. The van der Waals surface area contributed by atoms with Crippen molar-refractivity contribution in [1.29, 1.82) is 0 Å². The Labute approximate surface area is 121 Å². The van der Waals surface area contributed by atoms with Crippen molar-refractivity contribution in [3.8, 4) is 0 Å². The predicted molar refractivity (Wildman–Crippen MR) is 80.7 cm³/mol. The topological polar surface area (TPSA) is 38.3 Å². The summed E-state index contributed by atoms with van der Waals surface area (Å²) in [6.07, 6.45) is 1.80. The Bertz CT molecular complexity index is 459. The highest BCUT2D eigenvalue weighted by atomic mass is 16.5. The number of hydrogen-bond donors (Lipinski definition) is 1. The van der Waals surface area contributed by atoms with Crippen LogP contribution in [0, 0.1) is 0 Å². The van der Waals surface area contributed by atoms with Crippen molar-refractivity contribution >= 4 is 5.97 Å². The van der Waals surface area contributed by atoms with E-state index in [1.54, 1.807) is 0 Å². The molecule has 0 amide bonds. The number of carbonyl (C=O) groups is 1. The van der Waals surface area contributed by atoms with Gasteiger partial charge in [0.05, 0.1) is 0 Å². The van der Waals surface area contributed by atoms with E-state index in [1.165, 1.54) is 18.1 Å².